The molecule has 0 fully saturated rings. The third-order valence-corrected chi connectivity index (χ3v) is 2.22. The van der Waals surface area contributed by atoms with Gasteiger partial charge in [-0.3, -0.25) is 4.79 Å². The number of hydrogen-bond donors (Lipinski definition) is 4. The molecule has 0 aromatic carbocycles. The first-order valence-corrected chi connectivity index (χ1v) is 5.03. The molecule has 0 saturated carbocycles. The number of halogens is 1. The third-order valence-electron chi connectivity index (χ3n) is 2.05. The molecule has 0 bridgehead atoms. The van der Waals surface area contributed by atoms with Crippen molar-refractivity contribution in [2.24, 2.45) is 5.73 Å². The molecule has 5 N–H and O–H groups in total. The molecule has 2 rings (SSSR count). The molecule has 0 aliphatic carbocycles. The number of hydrogen-bond acceptors (Lipinski definition) is 6. The van der Waals surface area contributed by atoms with Crippen molar-refractivity contribution in [2.75, 3.05) is 11.9 Å². The number of rotatable bonds is 4. The second kappa shape index (κ2) is 4.52. The minimum absolute atomic E-state index is 0.0145. The number of H-pyrrole nitrogens is 1. The highest BCUT2D eigenvalue weighted by atomic mass is 35.5. The average molecular weight is 257 g/mol. The Kier molecular flexibility index (Phi) is 3.07. The van der Waals surface area contributed by atoms with Gasteiger partial charge in [0.2, 0.25) is 11.2 Å². The summed E-state index contributed by atoms with van der Waals surface area (Å²) in [5.74, 6) is -0.476. The normalized spacial score (nSPS) is 12.6. The first kappa shape index (κ1) is 11.6. The van der Waals surface area contributed by atoms with Gasteiger partial charge >= 0.3 is 0 Å². The maximum absolute atomic E-state index is 10.7. The molecule has 0 spiro atoms. The average Bonchev–Trinajstić information content (AvgIpc) is 2.72. The summed E-state index contributed by atoms with van der Waals surface area (Å²) in [7, 11) is 0. The minimum Gasteiger partial charge on any atom is -0.381 e. The van der Waals surface area contributed by atoms with Crippen LogP contribution in [0.1, 0.15) is 0 Å². The van der Waals surface area contributed by atoms with Gasteiger partial charge in [-0.15, -0.1) is 0 Å². The van der Waals surface area contributed by atoms with Crippen molar-refractivity contribution in [3.63, 3.8) is 0 Å². The minimum atomic E-state index is -1.30. The number of nitrogens with one attached hydrogen (secondary N) is 2. The first-order chi connectivity index (χ1) is 8.08. The second-order valence-corrected chi connectivity index (χ2v) is 3.58. The number of amides is 1. The summed E-state index contributed by atoms with van der Waals surface area (Å²) in [4.78, 5) is 25.2. The van der Waals surface area contributed by atoms with Gasteiger partial charge in [-0.1, -0.05) is 0 Å². The lowest BCUT2D eigenvalue weighted by atomic mass is 10.3. The Bertz CT molecular complexity index is 556. The van der Waals surface area contributed by atoms with Gasteiger partial charge in [0.05, 0.1) is 12.9 Å². The van der Waals surface area contributed by atoms with Crippen molar-refractivity contribution in [1.82, 2.24) is 19.9 Å². The molecular formula is C8H9ClN6O2. The van der Waals surface area contributed by atoms with Crippen LogP contribution in [0.15, 0.2) is 6.33 Å². The highest BCUT2D eigenvalue weighted by molar-refractivity contribution is 6.28. The first-order valence-electron chi connectivity index (χ1n) is 4.66. The van der Waals surface area contributed by atoms with Crippen LogP contribution in [0.2, 0.25) is 5.28 Å². The smallest absolute Gasteiger partial charge is 0.248 e. The SMILES string of the molecule is NC(=O)C(O)CNc1nc(Cl)nc2nc[nH]c12. The van der Waals surface area contributed by atoms with Gasteiger partial charge in [0.1, 0.15) is 11.6 Å². The van der Waals surface area contributed by atoms with E-state index < -0.39 is 12.0 Å². The number of primary amides is 1. The summed E-state index contributed by atoms with van der Waals surface area (Å²) < 4.78 is 0. The van der Waals surface area contributed by atoms with Crippen molar-refractivity contribution in [3.05, 3.63) is 11.6 Å². The maximum atomic E-state index is 10.7. The molecule has 1 atom stereocenters. The fourth-order valence-electron chi connectivity index (χ4n) is 1.23. The van der Waals surface area contributed by atoms with Crippen LogP contribution in [0.4, 0.5) is 5.82 Å². The van der Waals surface area contributed by atoms with Crippen LogP contribution in [-0.2, 0) is 4.79 Å². The topological polar surface area (TPSA) is 130 Å². The molecule has 90 valence electrons. The number of aliphatic hydroxyl groups excluding tert-OH is 1. The number of imidazole rings is 1. The lowest BCUT2D eigenvalue weighted by molar-refractivity contribution is -0.125. The number of carbonyl (C=O) groups is 1. The summed E-state index contributed by atoms with van der Waals surface area (Å²) in [5, 5.41) is 12.0. The van der Waals surface area contributed by atoms with Crippen LogP contribution in [0.25, 0.3) is 11.2 Å². The number of nitrogens with two attached hydrogens (primary N) is 1. The molecule has 0 saturated heterocycles. The van der Waals surface area contributed by atoms with Gasteiger partial charge in [-0.05, 0) is 11.6 Å². The molecule has 1 amide bonds. The zero-order valence-electron chi connectivity index (χ0n) is 8.51. The Hall–Kier alpha value is -1.93. The number of aliphatic hydroxyl groups is 1. The summed E-state index contributed by atoms with van der Waals surface area (Å²) >= 11 is 5.69. The summed E-state index contributed by atoms with van der Waals surface area (Å²) in [6.07, 6.45) is 0.132. The summed E-state index contributed by atoms with van der Waals surface area (Å²) in [6, 6.07) is 0. The van der Waals surface area contributed by atoms with E-state index in [2.05, 4.69) is 25.3 Å². The van der Waals surface area contributed by atoms with Crippen molar-refractivity contribution in [3.8, 4) is 0 Å². The van der Waals surface area contributed by atoms with Crippen LogP contribution >= 0.6 is 11.6 Å². The number of carbonyl (C=O) groups excluding carboxylic acids is 1. The van der Waals surface area contributed by atoms with Crippen LogP contribution in [0, 0.1) is 0 Å². The molecule has 0 aliphatic heterocycles. The second-order valence-electron chi connectivity index (χ2n) is 3.24. The van der Waals surface area contributed by atoms with Gasteiger partial charge in [-0.2, -0.15) is 9.97 Å². The molecule has 1 unspecified atom stereocenters. The van der Waals surface area contributed by atoms with E-state index >= 15 is 0 Å². The van der Waals surface area contributed by atoms with Crippen molar-refractivity contribution >= 4 is 34.5 Å². The van der Waals surface area contributed by atoms with Gasteiger partial charge < -0.3 is 21.1 Å². The third kappa shape index (κ3) is 2.43. The zero-order valence-corrected chi connectivity index (χ0v) is 9.27. The van der Waals surface area contributed by atoms with E-state index in [4.69, 9.17) is 17.3 Å². The zero-order chi connectivity index (χ0) is 12.4. The van der Waals surface area contributed by atoms with E-state index in [9.17, 15) is 9.90 Å². The highest BCUT2D eigenvalue weighted by Gasteiger charge is 2.13. The number of fused-ring (bicyclic) bond motifs is 1. The molecule has 2 aromatic rings. The molecule has 0 aliphatic rings. The summed E-state index contributed by atoms with van der Waals surface area (Å²) in [5.41, 5.74) is 5.84. The van der Waals surface area contributed by atoms with E-state index in [-0.39, 0.29) is 11.8 Å². The highest BCUT2D eigenvalue weighted by Crippen LogP contribution is 2.18. The predicted molar refractivity (Wildman–Crippen MR) is 60.4 cm³/mol. The molecule has 2 aromatic heterocycles. The molecule has 17 heavy (non-hydrogen) atoms. The molecular weight excluding hydrogens is 248 g/mol. The Morgan fingerprint density at radius 2 is 2.41 bits per heavy atom. The molecule has 9 heteroatoms. The van der Waals surface area contributed by atoms with Crippen molar-refractivity contribution < 1.29 is 9.90 Å². The number of anilines is 1. The van der Waals surface area contributed by atoms with Crippen molar-refractivity contribution in [2.45, 2.75) is 6.10 Å². The fourth-order valence-corrected chi connectivity index (χ4v) is 1.39. The van der Waals surface area contributed by atoms with Gasteiger partial charge in [0.15, 0.2) is 11.5 Å². The predicted octanol–water partition coefficient (Wildman–Crippen LogP) is -0.736. The number of nitrogens with zero attached hydrogens (tertiary/aromatic N) is 3. The molecule has 8 nitrogen and oxygen atoms in total. The standard InChI is InChI=1S/C8H9ClN6O2/c9-8-14-6(11-1-3(16)5(10)17)4-7(15-8)13-2-12-4/h2-3,16H,1H2,(H2,10,17)(H2,11,12,13,14,15). The quantitative estimate of drug-likeness (QED) is 0.533. The Morgan fingerprint density at radius 1 is 1.65 bits per heavy atom. The largest absolute Gasteiger partial charge is 0.381 e. The van der Waals surface area contributed by atoms with Crippen LogP contribution in [0.3, 0.4) is 0 Å². The summed E-state index contributed by atoms with van der Waals surface area (Å²) in [6.45, 7) is -0.0726. The van der Waals surface area contributed by atoms with E-state index in [0.29, 0.717) is 17.0 Å². The van der Waals surface area contributed by atoms with Crippen LogP contribution in [0.5, 0.6) is 0 Å². The Labute approximate surface area is 100 Å². The number of aromatic nitrogens is 4. The Morgan fingerprint density at radius 3 is 3.12 bits per heavy atom. The lowest BCUT2D eigenvalue weighted by Gasteiger charge is -2.09. The van der Waals surface area contributed by atoms with E-state index in [1.807, 2.05) is 0 Å². The number of aromatic amines is 1. The van der Waals surface area contributed by atoms with Crippen LogP contribution in [-0.4, -0.2) is 43.6 Å². The van der Waals surface area contributed by atoms with Crippen molar-refractivity contribution in [1.29, 1.82) is 0 Å². The maximum Gasteiger partial charge on any atom is 0.248 e. The molecule has 2 heterocycles. The van der Waals surface area contributed by atoms with E-state index in [1.165, 1.54) is 6.33 Å². The molecule has 0 radical (unpaired) electrons. The van der Waals surface area contributed by atoms with E-state index in [0.717, 1.165) is 0 Å². The van der Waals surface area contributed by atoms with Gasteiger partial charge in [0, 0.05) is 0 Å². The van der Waals surface area contributed by atoms with Gasteiger partial charge in [-0.25, -0.2) is 4.98 Å². The van der Waals surface area contributed by atoms with E-state index in [1.54, 1.807) is 0 Å². The van der Waals surface area contributed by atoms with Crippen LogP contribution < -0.4 is 11.1 Å². The lowest BCUT2D eigenvalue weighted by Crippen LogP contribution is -2.34. The Balaban J connectivity index is 2.23. The monoisotopic (exact) mass is 256 g/mol. The van der Waals surface area contributed by atoms with Gasteiger partial charge in [0.25, 0.3) is 0 Å². The fraction of sp³-hybridized carbons (Fsp3) is 0.250.